The first-order valence-electron chi connectivity index (χ1n) is 7.40. The molecular weight excluding hydrogens is 268 g/mol. The predicted molar refractivity (Wildman–Crippen MR) is 82.9 cm³/mol. The van der Waals surface area contributed by atoms with E-state index in [1.54, 1.807) is 14.2 Å². The molecule has 1 aliphatic heterocycles. The van der Waals surface area contributed by atoms with Crippen molar-refractivity contribution in [3.8, 4) is 11.5 Å². The van der Waals surface area contributed by atoms with Crippen LogP contribution in [-0.2, 0) is 4.74 Å². The minimum Gasteiger partial charge on any atom is -0.497 e. The lowest BCUT2D eigenvalue weighted by molar-refractivity contribution is -0.0505. The minimum absolute atomic E-state index is 0.0246. The van der Waals surface area contributed by atoms with Crippen LogP contribution < -0.4 is 15.2 Å². The van der Waals surface area contributed by atoms with Crippen LogP contribution in [0.2, 0.25) is 0 Å². The lowest BCUT2D eigenvalue weighted by atomic mass is 9.99. The smallest absolute Gasteiger partial charge is 0.127 e. The Balaban J connectivity index is 2.17. The van der Waals surface area contributed by atoms with Gasteiger partial charge in [-0.15, -0.1) is 0 Å². The van der Waals surface area contributed by atoms with Gasteiger partial charge >= 0.3 is 0 Å². The van der Waals surface area contributed by atoms with Crippen LogP contribution in [0.15, 0.2) is 18.2 Å². The summed E-state index contributed by atoms with van der Waals surface area (Å²) >= 11 is 0. The first-order chi connectivity index (χ1) is 10.1. The third-order valence-corrected chi connectivity index (χ3v) is 4.06. The van der Waals surface area contributed by atoms with E-state index < -0.39 is 0 Å². The Kier molecular flexibility index (Phi) is 5.45. The van der Waals surface area contributed by atoms with Gasteiger partial charge in [-0.3, -0.25) is 4.90 Å². The molecule has 0 aromatic heterocycles. The summed E-state index contributed by atoms with van der Waals surface area (Å²) in [6, 6.07) is 6.01. The maximum absolute atomic E-state index is 6.43. The fourth-order valence-electron chi connectivity index (χ4n) is 2.68. The number of morpholine rings is 1. The van der Waals surface area contributed by atoms with Crippen LogP contribution in [0.25, 0.3) is 0 Å². The van der Waals surface area contributed by atoms with Gasteiger partial charge in [0.15, 0.2) is 0 Å². The highest BCUT2D eigenvalue weighted by molar-refractivity contribution is 5.42. The highest BCUT2D eigenvalue weighted by atomic mass is 16.5. The summed E-state index contributed by atoms with van der Waals surface area (Å²) in [4.78, 5) is 2.39. The molecule has 1 aromatic carbocycles. The van der Waals surface area contributed by atoms with E-state index in [-0.39, 0.29) is 12.1 Å². The van der Waals surface area contributed by atoms with Crippen molar-refractivity contribution < 1.29 is 14.2 Å². The molecule has 0 saturated carbocycles. The van der Waals surface area contributed by atoms with E-state index in [9.17, 15) is 0 Å². The van der Waals surface area contributed by atoms with Crippen molar-refractivity contribution in [2.24, 2.45) is 5.73 Å². The molecule has 1 aromatic rings. The molecule has 1 aliphatic rings. The highest BCUT2D eigenvalue weighted by Gasteiger charge is 2.29. The van der Waals surface area contributed by atoms with E-state index in [0.717, 1.165) is 36.8 Å². The molecule has 5 nitrogen and oxygen atoms in total. The summed E-state index contributed by atoms with van der Waals surface area (Å²) in [6.07, 6.45) is -0.0246. The summed E-state index contributed by atoms with van der Waals surface area (Å²) in [5.74, 6) is 1.50. The van der Waals surface area contributed by atoms with Gasteiger partial charge < -0.3 is 19.9 Å². The van der Waals surface area contributed by atoms with Crippen LogP contribution in [0.1, 0.15) is 25.5 Å². The summed E-state index contributed by atoms with van der Waals surface area (Å²) in [5.41, 5.74) is 7.38. The molecule has 0 aliphatic carbocycles. The second kappa shape index (κ2) is 7.11. The first kappa shape index (κ1) is 16.1. The van der Waals surface area contributed by atoms with Crippen LogP contribution in [0.3, 0.4) is 0 Å². The Morgan fingerprint density at radius 1 is 1.29 bits per heavy atom. The molecule has 1 saturated heterocycles. The fourth-order valence-corrected chi connectivity index (χ4v) is 2.68. The molecule has 2 rings (SSSR count). The molecule has 0 spiro atoms. The van der Waals surface area contributed by atoms with Gasteiger partial charge in [0, 0.05) is 30.8 Å². The van der Waals surface area contributed by atoms with E-state index >= 15 is 0 Å². The predicted octanol–water partition coefficient (Wildman–Crippen LogP) is 1.81. The van der Waals surface area contributed by atoms with Crippen LogP contribution >= 0.6 is 0 Å². The van der Waals surface area contributed by atoms with Gasteiger partial charge in [-0.2, -0.15) is 0 Å². The van der Waals surface area contributed by atoms with Crippen molar-refractivity contribution in [3.63, 3.8) is 0 Å². The van der Waals surface area contributed by atoms with Crippen molar-refractivity contribution in [2.45, 2.75) is 32.0 Å². The number of hydrogen-bond acceptors (Lipinski definition) is 5. The third kappa shape index (κ3) is 3.67. The number of hydrogen-bond donors (Lipinski definition) is 1. The third-order valence-electron chi connectivity index (χ3n) is 4.06. The fraction of sp³-hybridized carbons (Fsp3) is 0.625. The summed E-state index contributed by atoms with van der Waals surface area (Å²) in [6.45, 7) is 6.91. The van der Waals surface area contributed by atoms with Crippen molar-refractivity contribution in [1.82, 2.24) is 4.90 Å². The molecule has 1 fully saturated rings. The maximum atomic E-state index is 6.43. The van der Waals surface area contributed by atoms with Crippen molar-refractivity contribution in [3.05, 3.63) is 23.8 Å². The molecule has 1 heterocycles. The topological polar surface area (TPSA) is 57.0 Å². The van der Waals surface area contributed by atoms with Crippen molar-refractivity contribution in [1.29, 1.82) is 0 Å². The second-order valence-electron chi connectivity index (χ2n) is 5.63. The number of ether oxygens (including phenoxy) is 3. The zero-order chi connectivity index (χ0) is 15.4. The van der Waals surface area contributed by atoms with Gasteiger partial charge in [0.1, 0.15) is 11.5 Å². The molecule has 2 atom stereocenters. The minimum atomic E-state index is -0.215. The van der Waals surface area contributed by atoms with Gasteiger partial charge in [0.25, 0.3) is 0 Å². The van der Waals surface area contributed by atoms with Crippen LogP contribution in [-0.4, -0.2) is 51.0 Å². The van der Waals surface area contributed by atoms with Crippen LogP contribution in [0, 0.1) is 0 Å². The summed E-state index contributed by atoms with van der Waals surface area (Å²) in [5, 5.41) is 0. The monoisotopic (exact) mass is 294 g/mol. The van der Waals surface area contributed by atoms with E-state index in [1.807, 2.05) is 18.2 Å². The quantitative estimate of drug-likeness (QED) is 0.897. The number of rotatable bonds is 5. The van der Waals surface area contributed by atoms with Gasteiger partial charge in [0.05, 0.1) is 33.0 Å². The summed E-state index contributed by atoms with van der Waals surface area (Å²) in [7, 11) is 3.28. The van der Waals surface area contributed by atoms with Crippen LogP contribution in [0.4, 0.5) is 0 Å². The Morgan fingerprint density at radius 2 is 2.05 bits per heavy atom. The maximum Gasteiger partial charge on any atom is 0.127 e. The van der Waals surface area contributed by atoms with E-state index in [0.29, 0.717) is 6.04 Å². The normalized spacial score (nSPS) is 21.3. The molecule has 0 bridgehead atoms. The summed E-state index contributed by atoms with van der Waals surface area (Å²) < 4.78 is 16.5. The Bertz CT molecular complexity index is 465. The molecule has 0 radical (unpaired) electrons. The van der Waals surface area contributed by atoms with Crippen molar-refractivity contribution >= 4 is 0 Å². The number of nitrogens with zero attached hydrogens (tertiary/aromatic N) is 1. The van der Waals surface area contributed by atoms with Gasteiger partial charge in [-0.05, 0) is 26.0 Å². The first-order valence-corrected chi connectivity index (χ1v) is 7.40. The van der Waals surface area contributed by atoms with Crippen molar-refractivity contribution in [2.75, 3.05) is 33.9 Å². The Hall–Kier alpha value is -1.30. The van der Waals surface area contributed by atoms with Gasteiger partial charge in [-0.1, -0.05) is 0 Å². The molecule has 2 N–H and O–H groups in total. The highest BCUT2D eigenvalue weighted by Crippen LogP contribution is 2.31. The van der Waals surface area contributed by atoms with E-state index in [2.05, 4.69) is 18.7 Å². The lowest BCUT2D eigenvalue weighted by Crippen LogP contribution is -2.49. The standard InChI is InChI=1S/C16H26N2O3/c1-11(2)18-7-8-21-15(10-18)16(17)13-6-5-12(19-3)9-14(13)20-4/h5-6,9,11,15-16H,7-8,10,17H2,1-4H3. The molecular formula is C16H26N2O3. The average Bonchev–Trinajstić information content (AvgIpc) is 2.53. The molecule has 118 valence electrons. The second-order valence-corrected chi connectivity index (χ2v) is 5.63. The number of methoxy groups -OCH3 is 2. The zero-order valence-electron chi connectivity index (χ0n) is 13.3. The SMILES string of the molecule is COc1ccc(C(N)C2CN(C(C)C)CCO2)c(OC)c1. The average molecular weight is 294 g/mol. The molecule has 2 unspecified atom stereocenters. The van der Waals surface area contributed by atoms with Crippen LogP contribution in [0.5, 0.6) is 11.5 Å². The molecule has 21 heavy (non-hydrogen) atoms. The molecule has 0 amide bonds. The van der Waals surface area contributed by atoms with Gasteiger partial charge in [-0.25, -0.2) is 0 Å². The number of benzene rings is 1. The van der Waals surface area contributed by atoms with E-state index in [4.69, 9.17) is 19.9 Å². The zero-order valence-corrected chi connectivity index (χ0v) is 13.3. The Labute approximate surface area is 127 Å². The molecule has 5 heteroatoms. The largest absolute Gasteiger partial charge is 0.497 e. The number of nitrogens with two attached hydrogens (primary N) is 1. The Morgan fingerprint density at radius 3 is 2.67 bits per heavy atom. The van der Waals surface area contributed by atoms with Gasteiger partial charge in [0.2, 0.25) is 0 Å². The van der Waals surface area contributed by atoms with E-state index in [1.165, 1.54) is 0 Å². The lowest BCUT2D eigenvalue weighted by Gasteiger charge is -2.38.